The van der Waals surface area contributed by atoms with E-state index in [0.29, 0.717) is 11.8 Å². The highest BCUT2D eigenvalue weighted by molar-refractivity contribution is 5.74. The van der Waals surface area contributed by atoms with Crippen LogP contribution < -0.4 is 5.32 Å². The van der Waals surface area contributed by atoms with Crippen molar-refractivity contribution in [3.63, 3.8) is 0 Å². The second-order valence-corrected chi connectivity index (χ2v) is 4.20. The summed E-state index contributed by atoms with van der Waals surface area (Å²) in [6.45, 7) is 4.58. The van der Waals surface area contributed by atoms with E-state index in [9.17, 15) is 4.79 Å². The molecule has 14 heavy (non-hydrogen) atoms. The van der Waals surface area contributed by atoms with Gasteiger partial charge < -0.3 is 10.2 Å². The number of likely N-dealkylation sites (tertiary alicyclic amines) is 1. The second-order valence-electron chi connectivity index (χ2n) is 4.20. The average molecular weight is 194 g/mol. The van der Waals surface area contributed by atoms with Crippen molar-refractivity contribution in [3.8, 4) is 0 Å². The number of fused-ring (bicyclic) bond motifs is 1. The number of hydrogen-bond donors (Lipinski definition) is 1. The van der Waals surface area contributed by atoms with Crippen LogP contribution in [0, 0.1) is 11.8 Å². The third kappa shape index (κ3) is 1.76. The fourth-order valence-electron chi connectivity index (χ4n) is 2.44. The SMILES string of the molecule is CCNC(=O)N1CC2CC=CCC2C1. The van der Waals surface area contributed by atoms with Gasteiger partial charge in [0.25, 0.3) is 0 Å². The second kappa shape index (κ2) is 4.03. The molecule has 1 fully saturated rings. The third-order valence-electron chi connectivity index (χ3n) is 3.24. The molecule has 1 heterocycles. The number of amides is 2. The van der Waals surface area contributed by atoms with Gasteiger partial charge in [-0.3, -0.25) is 0 Å². The van der Waals surface area contributed by atoms with E-state index in [4.69, 9.17) is 0 Å². The number of urea groups is 1. The number of hydrogen-bond acceptors (Lipinski definition) is 1. The highest BCUT2D eigenvalue weighted by Gasteiger charge is 2.34. The molecule has 1 N–H and O–H groups in total. The van der Waals surface area contributed by atoms with Crippen LogP contribution in [-0.4, -0.2) is 30.6 Å². The van der Waals surface area contributed by atoms with Gasteiger partial charge in [-0.15, -0.1) is 0 Å². The highest BCUT2D eigenvalue weighted by Crippen LogP contribution is 2.32. The van der Waals surface area contributed by atoms with Crippen LogP contribution in [-0.2, 0) is 0 Å². The van der Waals surface area contributed by atoms with Crippen molar-refractivity contribution in [2.24, 2.45) is 11.8 Å². The number of allylic oxidation sites excluding steroid dienone is 2. The summed E-state index contributed by atoms with van der Waals surface area (Å²) in [5.41, 5.74) is 0. The summed E-state index contributed by atoms with van der Waals surface area (Å²) >= 11 is 0. The number of carbonyl (C=O) groups excluding carboxylic acids is 1. The standard InChI is InChI=1S/C11H18N2O/c1-2-12-11(14)13-7-9-5-3-4-6-10(9)8-13/h3-4,9-10H,2,5-8H2,1H3,(H,12,14). The van der Waals surface area contributed by atoms with Crippen LogP contribution in [0.25, 0.3) is 0 Å². The first-order valence-corrected chi connectivity index (χ1v) is 5.49. The van der Waals surface area contributed by atoms with Crippen molar-refractivity contribution in [1.29, 1.82) is 0 Å². The van der Waals surface area contributed by atoms with Gasteiger partial charge in [0.2, 0.25) is 0 Å². The minimum absolute atomic E-state index is 0.113. The molecular weight excluding hydrogens is 176 g/mol. The number of nitrogens with zero attached hydrogens (tertiary/aromatic N) is 1. The molecule has 78 valence electrons. The van der Waals surface area contributed by atoms with Gasteiger partial charge in [0.05, 0.1) is 0 Å². The van der Waals surface area contributed by atoms with Gasteiger partial charge in [0.1, 0.15) is 0 Å². The van der Waals surface area contributed by atoms with Crippen molar-refractivity contribution in [2.45, 2.75) is 19.8 Å². The summed E-state index contributed by atoms with van der Waals surface area (Å²) in [7, 11) is 0. The Balaban J connectivity index is 1.91. The lowest BCUT2D eigenvalue weighted by atomic mass is 9.86. The maximum absolute atomic E-state index is 11.6. The van der Waals surface area contributed by atoms with Crippen LogP contribution in [0.3, 0.4) is 0 Å². The molecule has 1 aliphatic heterocycles. The lowest BCUT2D eigenvalue weighted by Gasteiger charge is -2.17. The first-order valence-electron chi connectivity index (χ1n) is 5.49. The third-order valence-corrected chi connectivity index (χ3v) is 3.24. The molecule has 0 aromatic carbocycles. The molecule has 1 saturated heterocycles. The Labute approximate surface area is 85.2 Å². The van der Waals surface area contributed by atoms with Crippen molar-refractivity contribution in [3.05, 3.63) is 12.2 Å². The zero-order valence-electron chi connectivity index (χ0n) is 8.70. The first-order chi connectivity index (χ1) is 6.81. The highest BCUT2D eigenvalue weighted by atomic mass is 16.2. The van der Waals surface area contributed by atoms with Crippen LogP contribution in [0.2, 0.25) is 0 Å². The zero-order valence-corrected chi connectivity index (χ0v) is 8.70. The lowest BCUT2D eigenvalue weighted by Crippen LogP contribution is -2.38. The first kappa shape index (κ1) is 9.56. The zero-order chi connectivity index (χ0) is 9.97. The predicted octanol–water partition coefficient (Wildman–Crippen LogP) is 1.61. The van der Waals surface area contributed by atoms with Gasteiger partial charge >= 0.3 is 6.03 Å². The van der Waals surface area contributed by atoms with Crippen LogP contribution in [0.1, 0.15) is 19.8 Å². The van der Waals surface area contributed by atoms with Crippen molar-refractivity contribution in [1.82, 2.24) is 10.2 Å². The van der Waals surface area contributed by atoms with E-state index in [0.717, 1.165) is 32.5 Å². The Morgan fingerprint density at radius 1 is 1.36 bits per heavy atom. The van der Waals surface area contributed by atoms with Crippen LogP contribution >= 0.6 is 0 Å². The van der Waals surface area contributed by atoms with Gasteiger partial charge in [0.15, 0.2) is 0 Å². The number of nitrogens with one attached hydrogen (secondary N) is 1. The number of carbonyl (C=O) groups is 1. The van der Waals surface area contributed by atoms with Crippen LogP contribution in [0.15, 0.2) is 12.2 Å². The van der Waals surface area contributed by atoms with Crippen molar-refractivity contribution >= 4 is 6.03 Å². The van der Waals surface area contributed by atoms with Crippen molar-refractivity contribution < 1.29 is 4.79 Å². The largest absolute Gasteiger partial charge is 0.338 e. The van der Waals surface area contributed by atoms with Gasteiger partial charge in [-0.2, -0.15) is 0 Å². The lowest BCUT2D eigenvalue weighted by molar-refractivity contribution is 0.207. The summed E-state index contributed by atoms with van der Waals surface area (Å²) in [5.74, 6) is 1.42. The van der Waals surface area contributed by atoms with E-state index in [1.807, 2.05) is 11.8 Å². The molecule has 2 atom stereocenters. The fourth-order valence-corrected chi connectivity index (χ4v) is 2.44. The number of rotatable bonds is 1. The summed E-state index contributed by atoms with van der Waals surface area (Å²) in [6, 6.07) is 0.113. The molecule has 1 aliphatic carbocycles. The molecule has 0 bridgehead atoms. The summed E-state index contributed by atoms with van der Waals surface area (Å²) in [6.07, 6.45) is 6.81. The van der Waals surface area contributed by atoms with Crippen LogP contribution in [0.5, 0.6) is 0 Å². The molecule has 2 rings (SSSR count). The molecule has 2 aliphatic rings. The molecule has 2 unspecified atom stereocenters. The van der Waals surface area contributed by atoms with E-state index in [1.165, 1.54) is 0 Å². The van der Waals surface area contributed by atoms with Gasteiger partial charge in [0, 0.05) is 19.6 Å². The molecule has 0 aromatic heterocycles. The Morgan fingerprint density at radius 2 is 1.93 bits per heavy atom. The quantitative estimate of drug-likeness (QED) is 0.632. The van der Waals surface area contributed by atoms with Crippen molar-refractivity contribution in [2.75, 3.05) is 19.6 Å². The Kier molecular flexibility index (Phi) is 2.75. The summed E-state index contributed by atoms with van der Waals surface area (Å²) in [5, 5.41) is 2.86. The molecule has 2 amide bonds. The Morgan fingerprint density at radius 3 is 2.43 bits per heavy atom. The topological polar surface area (TPSA) is 32.3 Å². The normalized spacial score (nSPS) is 30.2. The van der Waals surface area contributed by atoms with Gasteiger partial charge in [-0.25, -0.2) is 4.79 Å². The fraction of sp³-hybridized carbons (Fsp3) is 0.727. The Bertz CT molecular complexity index is 234. The molecule has 0 saturated carbocycles. The van der Waals surface area contributed by atoms with E-state index >= 15 is 0 Å². The minimum Gasteiger partial charge on any atom is -0.338 e. The van der Waals surface area contributed by atoms with Crippen LogP contribution in [0.4, 0.5) is 4.79 Å². The van der Waals surface area contributed by atoms with E-state index in [-0.39, 0.29) is 6.03 Å². The van der Waals surface area contributed by atoms with Gasteiger partial charge in [-0.05, 0) is 31.6 Å². The van der Waals surface area contributed by atoms with E-state index in [2.05, 4.69) is 17.5 Å². The predicted molar refractivity (Wildman–Crippen MR) is 56.0 cm³/mol. The maximum Gasteiger partial charge on any atom is 0.317 e. The summed E-state index contributed by atoms with van der Waals surface area (Å²) < 4.78 is 0. The average Bonchev–Trinajstić information content (AvgIpc) is 2.61. The molecule has 3 nitrogen and oxygen atoms in total. The molecular formula is C11H18N2O. The minimum atomic E-state index is 0.113. The maximum atomic E-state index is 11.6. The molecule has 3 heteroatoms. The van der Waals surface area contributed by atoms with E-state index in [1.54, 1.807) is 0 Å². The summed E-state index contributed by atoms with van der Waals surface area (Å²) in [4.78, 5) is 13.5. The molecule has 0 spiro atoms. The molecule has 0 aromatic rings. The smallest absolute Gasteiger partial charge is 0.317 e. The monoisotopic (exact) mass is 194 g/mol. The van der Waals surface area contributed by atoms with Gasteiger partial charge in [-0.1, -0.05) is 12.2 Å². The van der Waals surface area contributed by atoms with E-state index < -0.39 is 0 Å². The molecule has 0 radical (unpaired) electrons. The Hall–Kier alpha value is -0.990.